The molecule has 0 atom stereocenters. The minimum Gasteiger partial charge on any atom is -0.493 e. The van der Waals surface area contributed by atoms with Crippen molar-refractivity contribution in [2.45, 2.75) is 19.3 Å². The Bertz CT molecular complexity index is 1530. The molecule has 4 heterocycles. The van der Waals surface area contributed by atoms with Gasteiger partial charge in [0.2, 0.25) is 5.95 Å². The lowest BCUT2D eigenvalue weighted by molar-refractivity contribution is 0.157. The SMILES string of the molecule is COc1cc2ncnc(N3CCN(c4ncc(Cc5ccccc5)c(=O)[nH]4)CC3)c2cc1OCC1CCN(C)CC1. The van der Waals surface area contributed by atoms with E-state index in [0.29, 0.717) is 49.3 Å². The van der Waals surface area contributed by atoms with Gasteiger partial charge >= 0.3 is 0 Å². The maximum atomic E-state index is 12.8. The van der Waals surface area contributed by atoms with Crippen molar-refractivity contribution >= 4 is 22.7 Å². The fourth-order valence-electron chi connectivity index (χ4n) is 5.66. The summed E-state index contributed by atoms with van der Waals surface area (Å²) in [7, 11) is 3.83. The van der Waals surface area contributed by atoms with E-state index < -0.39 is 0 Å². The molecule has 0 unspecified atom stereocenters. The van der Waals surface area contributed by atoms with Crippen LogP contribution in [-0.4, -0.2) is 84.9 Å². The molecule has 0 saturated carbocycles. The van der Waals surface area contributed by atoms with E-state index in [0.717, 1.165) is 67.1 Å². The maximum Gasteiger partial charge on any atom is 0.255 e. The Labute approximate surface area is 240 Å². The molecule has 41 heavy (non-hydrogen) atoms. The molecule has 4 aromatic rings. The van der Waals surface area contributed by atoms with Gasteiger partial charge in [0.15, 0.2) is 11.5 Å². The van der Waals surface area contributed by atoms with Gasteiger partial charge in [0.25, 0.3) is 5.56 Å². The normalized spacial score (nSPS) is 16.7. The molecule has 2 aromatic carbocycles. The molecule has 2 aromatic heterocycles. The van der Waals surface area contributed by atoms with Gasteiger partial charge in [-0.15, -0.1) is 0 Å². The number of rotatable bonds is 8. The van der Waals surface area contributed by atoms with Crippen LogP contribution in [0.3, 0.4) is 0 Å². The predicted molar refractivity (Wildman–Crippen MR) is 160 cm³/mol. The summed E-state index contributed by atoms with van der Waals surface area (Å²) in [5, 5.41) is 0.942. The van der Waals surface area contributed by atoms with Crippen LogP contribution in [0.2, 0.25) is 0 Å². The van der Waals surface area contributed by atoms with Crippen LogP contribution in [0.4, 0.5) is 11.8 Å². The van der Waals surface area contributed by atoms with E-state index in [1.165, 1.54) is 0 Å². The van der Waals surface area contributed by atoms with Crippen molar-refractivity contribution in [3.63, 3.8) is 0 Å². The molecule has 0 amide bonds. The number of likely N-dealkylation sites (tertiary alicyclic amines) is 1. The van der Waals surface area contributed by atoms with Gasteiger partial charge in [-0.1, -0.05) is 30.3 Å². The fraction of sp³-hybridized carbons (Fsp3) is 0.419. The van der Waals surface area contributed by atoms with Crippen LogP contribution < -0.4 is 24.8 Å². The van der Waals surface area contributed by atoms with Crippen molar-refractivity contribution in [2.24, 2.45) is 5.92 Å². The number of piperazine rings is 1. The summed E-state index contributed by atoms with van der Waals surface area (Å²) < 4.78 is 12.0. The summed E-state index contributed by atoms with van der Waals surface area (Å²) in [6.45, 7) is 5.78. The number of anilines is 2. The molecular formula is C31H37N7O3. The number of hydrogen-bond acceptors (Lipinski definition) is 9. The smallest absolute Gasteiger partial charge is 0.255 e. The van der Waals surface area contributed by atoms with Crippen LogP contribution in [0.1, 0.15) is 24.0 Å². The Hall–Kier alpha value is -4.18. The highest BCUT2D eigenvalue weighted by atomic mass is 16.5. The van der Waals surface area contributed by atoms with E-state index in [1.807, 2.05) is 42.5 Å². The molecular weight excluding hydrogens is 518 g/mol. The van der Waals surface area contributed by atoms with Crippen molar-refractivity contribution in [3.8, 4) is 11.5 Å². The summed E-state index contributed by atoms with van der Waals surface area (Å²) in [6, 6.07) is 13.9. The van der Waals surface area contributed by atoms with Gasteiger partial charge < -0.3 is 24.2 Å². The van der Waals surface area contributed by atoms with Crippen LogP contribution in [0, 0.1) is 5.92 Å². The van der Waals surface area contributed by atoms with Gasteiger partial charge in [-0.3, -0.25) is 9.78 Å². The molecule has 2 saturated heterocycles. The van der Waals surface area contributed by atoms with Gasteiger partial charge in [-0.2, -0.15) is 0 Å². The van der Waals surface area contributed by atoms with Gasteiger partial charge in [0.05, 0.1) is 19.2 Å². The van der Waals surface area contributed by atoms with Crippen LogP contribution in [-0.2, 0) is 6.42 Å². The van der Waals surface area contributed by atoms with Crippen LogP contribution in [0.25, 0.3) is 10.9 Å². The Morgan fingerprint density at radius 3 is 2.41 bits per heavy atom. The molecule has 2 aliphatic rings. The first-order valence-electron chi connectivity index (χ1n) is 14.3. The molecule has 0 spiro atoms. The lowest BCUT2D eigenvalue weighted by atomic mass is 9.98. The zero-order valence-corrected chi connectivity index (χ0v) is 23.8. The molecule has 0 radical (unpaired) electrons. The number of hydrogen-bond donors (Lipinski definition) is 1. The van der Waals surface area contributed by atoms with Gasteiger partial charge in [0.1, 0.15) is 12.1 Å². The molecule has 2 aliphatic heterocycles. The third-order valence-electron chi connectivity index (χ3n) is 8.19. The Balaban J connectivity index is 1.15. The Morgan fingerprint density at radius 1 is 0.927 bits per heavy atom. The van der Waals surface area contributed by atoms with Crippen LogP contribution in [0.15, 0.2) is 59.8 Å². The summed E-state index contributed by atoms with van der Waals surface area (Å²) in [6.07, 6.45) is 6.15. The van der Waals surface area contributed by atoms with Crippen molar-refractivity contribution in [3.05, 3.63) is 76.5 Å². The van der Waals surface area contributed by atoms with Crippen molar-refractivity contribution in [2.75, 3.05) is 69.8 Å². The van der Waals surface area contributed by atoms with Gasteiger partial charge in [0, 0.05) is 55.8 Å². The minimum absolute atomic E-state index is 0.0928. The monoisotopic (exact) mass is 555 g/mol. The molecule has 6 rings (SSSR count). The number of aromatic nitrogens is 4. The van der Waals surface area contributed by atoms with Gasteiger partial charge in [-0.25, -0.2) is 15.0 Å². The summed E-state index contributed by atoms with van der Waals surface area (Å²) in [5.74, 6) is 3.43. The van der Waals surface area contributed by atoms with Crippen LogP contribution >= 0.6 is 0 Å². The topological polar surface area (TPSA) is 99.7 Å². The second-order valence-electron chi connectivity index (χ2n) is 11.0. The van der Waals surface area contributed by atoms with E-state index in [2.05, 4.69) is 41.7 Å². The number of H-pyrrole nitrogens is 1. The number of ether oxygens (including phenoxy) is 2. The van der Waals surface area contributed by atoms with E-state index in [1.54, 1.807) is 19.6 Å². The van der Waals surface area contributed by atoms with E-state index in [-0.39, 0.29) is 5.56 Å². The molecule has 0 bridgehead atoms. The quantitative estimate of drug-likeness (QED) is 0.351. The van der Waals surface area contributed by atoms with Crippen molar-refractivity contribution < 1.29 is 9.47 Å². The molecule has 1 N–H and O–H groups in total. The van der Waals surface area contributed by atoms with Crippen molar-refractivity contribution in [1.29, 1.82) is 0 Å². The number of methoxy groups -OCH3 is 1. The number of aromatic amines is 1. The third kappa shape index (κ3) is 6.12. The lowest BCUT2D eigenvalue weighted by Gasteiger charge is -2.36. The zero-order valence-electron chi connectivity index (χ0n) is 23.8. The minimum atomic E-state index is -0.0928. The van der Waals surface area contributed by atoms with Crippen molar-refractivity contribution in [1.82, 2.24) is 24.8 Å². The first-order valence-corrected chi connectivity index (χ1v) is 14.3. The standard InChI is InChI=1S/C31H37N7O3/c1-36-10-8-23(9-11-36)20-41-28-17-25-26(18-27(28)40-2)33-21-34-29(25)37-12-14-38(15-13-37)31-32-19-24(30(39)35-31)16-22-6-4-3-5-7-22/h3-7,17-19,21,23H,8-16,20H2,1-2H3,(H,32,35,39). The highest BCUT2D eigenvalue weighted by molar-refractivity contribution is 5.92. The van der Waals surface area contributed by atoms with E-state index >= 15 is 0 Å². The summed E-state index contributed by atoms with van der Waals surface area (Å²) >= 11 is 0. The Morgan fingerprint density at radius 2 is 1.68 bits per heavy atom. The number of benzene rings is 2. The number of nitrogens with one attached hydrogen (secondary N) is 1. The largest absolute Gasteiger partial charge is 0.493 e. The summed E-state index contributed by atoms with van der Waals surface area (Å²) in [5.41, 5.74) is 2.48. The number of piperidine rings is 1. The molecule has 214 valence electrons. The van der Waals surface area contributed by atoms with E-state index in [9.17, 15) is 4.79 Å². The summed E-state index contributed by atoms with van der Waals surface area (Å²) in [4.78, 5) is 36.3. The number of fused-ring (bicyclic) bond motifs is 1. The second kappa shape index (κ2) is 12.1. The zero-order chi connectivity index (χ0) is 28.2. The maximum absolute atomic E-state index is 12.8. The first kappa shape index (κ1) is 27.0. The highest BCUT2D eigenvalue weighted by Crippen LogP contribution is 2.36. The van der Waals surface area contributed by atoms with Gasteiger partial charge in [-0.05, 0) is 50.5 Å². The van der Waals surface area contributed by atoms with E-state index in [4.69, 9.17) is 9.47 Å². The average molecular weight is 556 g/mol. The lowest BCUT2D eigenvalue weighted by Crippen LogP contribution is -2.47. The average Bonchev–Trinajstić information content (AvgIpc) is 3.01. The van der Waals surface area contributed by atoms with Crippen LogP contribution in [0.5, 0.6) is 11.5 Å². The number of nitrogens with zero attached hydrogens (tertiary/aromatic N) is 6. The molecule has 10 heteroatoms. The molecule has 2 fully saturated rings. The molecule has 0 aliphatic carbocycles. The fourth-order valence-corrected chi connectivity index (χ4v) is 5.66. The first-order chi connectivity index (χ1) is 20.1. The predicted octanol–water partition coefficient (Wildman–Crippen LogP) is 3.36. The molecule has 10 nitrogen and oxygen atoms in total. The third-order valence-corrected chi connectivity index (χ3v) is 8.19. The Kier molecular flexibility index (Phi) is 8.00. The second-order valence-corrected chi connectivity index (χ2v) is 11.0. The highest BCUT2D eigenvalue weighted by Gasteiger charge is 2.23.